The molecule has 0 saturated carbocycles. The zero-order valence-corrected chi connectivity index (χ0v) is 15.5. The molecule has 0 amide bonds. The van der Waals surface area contributed by atoms with E-state index in [9.17, 15) is 8.78 Å². The van der Waals surface area contributed by atoms with Gasteiger partial charge in [0.25, 0.3) is 0 Å². The Balaban J connectivity index is 1.88. The molecule has 27 heavy (non-hydrogen) atoms. The molecule has 0 fully saturated rings. The van der Waals surface area contributed by atoms with Crippen LogP contribution >= 0.6 is 0 Å². The fraction of sp³-hybridized carbons (Fsp3) is 0.120. The van der Waals surface area contributed by atoms with Crippen LogP contribution in [0.15, 0.2) is 54.6 Å². The van der Waals surface area contributed by atoms with Crippen molar-refractivity contribution in [3.8, 4) is 23.7 Å². The van der Waals surface area contributed by atoms with E-state index in [4.69, 9.17) is 0 Å². The molecule has 0 aromatic heterocycles. The zero-order chi connectivity index (χ0) is 19.4. The number of hydrogen-bond donors (Lipinski definition) is 0. The van der Waals surface area contributed by atoms with Crippen molar-refractivity contribution in [1.29, 1.82) is 0 Å². The van der Waals surface area contributed by atoms with Crippen LogP contribution in [0.2, 0.25) is 0 Å². The zero-order valence-electron chi connectivity index (χ0n) is 15.5. The highest BCUT2D eigenvalue weighted by atomic mass is 19.1. The van der Waals surface area contributed by atoms with Crippen LogP contribution in [-0.4, -0.2) is 0 Å². The second kappa shape index (κ2) is 7.90. The Morgan fingerprint density at radius 1 is 0.556 bits per heavy atom. The Bertz CT molecular complexity index is 1090. The topological polar surface area (TPSA) is 0 Å². The van der Waals surface area contributed by atoms with Crippen molar-refractivity contribution in [3.05, 3.63) is 105 Å². The molecular formula is C25H18F2. The van der Waals surface area contributed by atoms with E-state index >= 15 is 0 Å². The average molecular weight is 356 g/mol. The molecule has 0 aliphatic carbocycles. The Labute approximate surface area is 158 Å². The minimum Gasteiger partial charge on any atom is -0.205 e. The molecule has 0 radical (unpaired) electrons. The molecule has 0 nitrogen and oxygen atoms in total. The molecule has 132 valence electrons. The lowest BCUT2D eigenvalue weighted by molar-refractivity contribution is 0.577. The minimum atomic E-state index is -0.709. The van der Waals surface area contributed by atoms with E-state index in [0.717, 1.165) is 16.7 Å². The van der Waals surface area contributed by atoms with Gasteiger partial charge in [-0.3, -0.25) is 0 Å². The maximum atomic E-state index is 14.3. The van der Waals surface area contributed by atoms with Crippen LogP contribution in [0, 0.1) is 56.1 Å². The highest BCUT2D eigenvalue weighted by Gasteiger charge is 2.08. The van der Waals surface area contributed by atoms with Gasteiger partial charge in [-0.1, -0.05) is 47.4 Å². The lowest BCUT2D eigenvalue weighted by atomic mass is 10.1. The van der Waals surface area contributed by atoms with Gasteiger partial charge in [-0.05, 0) is 68.3 Å². The van der Waals surface area contributed by atoms with E-state index < -0.39 is 11.6 Å². The second-order valence-corrected chi connectivity index (χ2v) is 6.48. The van der Waals surface area contributed by atoms with Crippen LogP contribution in [-0.2, 0) is 0 Å². The van der Waals surface area contributed by atoms with Gasteiger partial charge in [0, 0.05) is 16.7 Å². The van der Waals surface area contributed by atoms with Crippen molar-refractivity contribution in [2.75, 3.05) is 0 Å². The van der Waals surface area contributed by atoms with Gasteiger partial charge in [0.2, 0.25) is 0 Å². The van der Waals surface area contributed by atoms with Crippen LogP contribution < -0.4 is 0 Å². The molecule has 3 aromatic carbocycles. The third kappa shape index (κ3) is 4.63. The van der Waals surface area contributed by atoms with Crippen molar-refractivity contribution < 1.29 is 8.78 Å². The van der Waals surface area contributed by atoms with Crippen molar-refractivity contribution >= 4 is 0 Å². The van der Waals surface area contributed by atoms with Gasteiger partial charge >= 0.3 is 0 Å². The third-order valence-corrected chi connectivity index (χ3v) is 4.28. The first-order valence-corrected chi connectivity index (χ1v) is 8.59. The summed E-state index contributed by atoms with van der Waals surface area (Å²) in [7, 11) is 0. The number of aryl methyl sites for hydroxylation is 3. The van der Waals surface area contributed by atoms with Crippen LogP contribution in [0.1, 0.15) is 38.9 Å². The summed E-state index contributed by atoms with van der Waals surface area (Å²) in [6, 6.07) is 15.7. The molecule has 0 saturated heterocycles. The molecule has 3 rings (SSSR count). The first kappa shape index (κ1) is 18.4. The summed E-state index contributed by atoms with van der Waals surface area (Å²) in [6.07, 6.45) is 0. The molecular weight excluding hydrogens is 338 g/mol. The van der Waals surface area contributed by atoms with E-state index in [1.165, 1.54) is 17.7 Å². The van der Waals surface area contributed by atoms with Gasteiger partial charge in [0.15, 0.2) is 0 Å². The van der Waals surface area contributed by atoms with E-state index in [1.807, 2.05) is 63.2 Å². The summed E-state index contributed by atoms with van der Waals surface area (Å²) >= 11 is 0. The number of hydrogen-bond acceptors (Lipinski definition) is 0. The highest BCUT2D eigenvalue weighted by molar-refractivity contribution is 5.50. The summed E-state index contributed by atoms with van der Waals surface area (Å²) in [5.74, 6) is 9.72. The average Bonchev–Trinajstić information content (AvgIpc) is 2.63. The molecule has 0 atom stereocenters. The van der Waals surface area contributed by atoms with E-state index in [0.29, 0.717) is 5.56 Å². The Kier molecular flexibility index (Phi) is 5.39. The SMILES string of the molecule is Cc1ccc(C#Cc2c(F)cc(C#Cc3ccc(C)c(C)c3)cc2F)cc1. The first-order valence-electron chi connectivity index (χ1n) is 8.59. The van der Waals surface area contributed by atoms with Gasteiger partial charge < -0.3 is 0 Å². The van der Waals surface area contributed by atoms with Gasteiger partial charge in [0.1, 0.15) is 11.6 Å². The minimum absolute atomic E-state index is 0.243. The molecule has 0 heterocycles. The summed E-state index contributed by atoms with van der Waals surface area (Å²) < 4.78 is 28.6. The molecule has 0 aliphatic heterocycles. The Hall–Kier alpha value is -3.36. The summed E-state index contributed by atoms with van der Waals surface area (Å²) in [6.45, 7) is 5.99. The van der Waals surface area contributed by atoms with Gasteiger partial charge in [-0.2, -0.15) is 0 Å². The normalized spacial score (nSPS) is 9.81. The van der Waals surface area contributed by atoms with E-state index in [1.54, 1.807) is 0 Å². The van der Waals surface area contributed by atoms with Gasteiger partial charge in [-0.15, -0.1) is 0 Å². The van der Waals surface area contributed by atoms with Crippen molar-refractivity contribution in [3.63, 3.8) is 0 Å². The van der Waals surface area contributed by atoms with Crippen LogP contribution in [0.3, 0.4) is 0 Å². The lowest BCUT2D eigenvalue weighted by Gasteiger charge is -2.00. The molecule has 2 heteroatoms. The number of halogens is 2. The fourth-order valence-electron chi connectivity index (χ4n) is 2.50. The summed E-state index contributed by atoms with van der Waals surface area (Å²) in [5, 5.41) is 0. The van der Waals surface area contributed by atoms with E-state index in [2.05, 4.69) is 23.7 Å². The Morgan fingerprint density at radius 2 is 1.11 bits per heavy atom. The molecule has 0 unspecified atom stereocenters. The summed E-state index contributed by atoms with van der Waals surface area (Å²) in [4.78, 5) is 0. The highest BCUT2D eigenvalue weighted by Crippen LogP contribution is 2.15. The van der Waals surface area contributed by atoms with Gasteiger partial charge in [-0.25, -0.2) is 8.78 Å². The molecule has 0 N–H and O–H groups in total. The number of benzene rings is 3. The van der Waals surface area contributed by atoms with Crippen LogP contribution in [0.25, 0.3) is 0 Å². The molecule has 0 aliphatic rings. The maximum Gasteiger partial charge on any atom is 0.143 e. The molecule has 3 aromatic rings. The van der Waals surface area contributed by atoms with Crippen LogP contribution in [0.4, 0.5) is 8.78 Å². The van der Waals surface area contributed by atoms with Gasteiger partial charge in [0.05, 0.1) is 5.56 Å². The Morgan fingerprint density at radius 3 is 1.74 bits per heavy atom. The third-order valence-electron chi connectivity index (χ3n) is 4.28. The monoisotopic (exact) mass is 356 g/mol. The molecule has 0 spiro atoms. The smallest absolute Gasteiger partial charge is 0.143 e. The first-order chi connectivity index (χ1) is 12.9. The largest absolute Gasteiger partial charge is 0.205 e. The standard InChI is InChI=1S/C25H18F2/c1-17-4-7-20(8-5-17)12-13-23-24(26)15-22(16-25(23)27)11-10-21-9-6-18(2)19(3)14-21/h4-9,14-16H,1-3H3. The second-order valence-electron chi connectivity index (χ2n) is 6.48. The maximum absolute atomic E-state index is 14.3. The quantitative estimate of drug-likeness (QED) is 0.454. The molecule has 0 bridgehead atoms. The predicted molar refractivity (Wildman–Crippen MR) is 105 cm³/mol. The summed E-state index contributed by atoms with van der Waals surface area (Å²) in [5.41, 5.74) is 4.95. The van der Waals surface area contributed by atoms with Crippen molar-refractivity contribution in [2.24, 2.45) is 0 Å². The number of rotatable bonds is 0. The van der Waals surface area contributed by atoms with Crippen LogP contribution in [0.5, 0.6) is 0 Å². The van der Waals surface area contributed by atoms with Crippen molar-refractivity contribution in [2.45, 2.75) is 20.8 Å². The lowest BCUT2D eigenvalue weighted by Crippen LogP contribution is -1.92. The van der Waals surface area contributed by atoms with Crippen molar-refractivity contribution in [1.82, 2.24) is 0 Å². The van der Waals surface area contributed by atoms with E-state index in [-0.39, 0.29) is 11.1 Å². The fourth-order valence-corrected chi connectivity index (χ4v) is 2.50. The predicted octanol–water partition coefficient (Wildman–Crippen LogP) is 5.69.